The molecule has 0 saturated carbocycles. The highest BCUT2D eigenvalue weighted by Gasteiger charge is 2.31. The van der Waals surface area contributed by atoms with Crippen LogP contribution in [0.3, 0.4) is 0 Å². The summed E-state index contributed by atoms with van der Waals surface area (Å²) in [5, 5.41) is 0. The minimum atomic E-state index is 0.201. The molecule has 0 aromatic carbocycles. The zero-order valence-corrected chi connectivity index (χ0v) is 9.84. The lowest BCUT2D eigenvalue weighted by Crippen LogP contribution is -2.58. The number of ketones is 1. The summed E-state index contributed by atoms with van der Waals surface area (Å²) in [6, 6.07) is 0. The van der Waals surface area contributed by atoms with Crippen LogP contribution in [0.25, 0.3) is 0 Å². The molecule has 1 aliphatic rings. The van der Waals surface area contributed by atoms with E-state index in [-0.39, 0.29) is 5.54 Å². The molecule has 0 aromatic rings. The third-order valence-electron chi connectivity index (χ3n) is 3.19. The predicted molar refractivity (Wildman–Crippen MR) is 58.4 cm³/mol. The van der Waals surface area contributed by atoms with Gasteiger partial charge < -0.3 is 0 Å². The van der Waals surface area contributed by atoms with Crippen molar-refractivity contribution in [3.8, 4) is 0 Å². The number of hydrogen-bond donors (Lipinski definition) is 0. The molecule has 1 aliphatic heterocycles. The summed E-state index contributed by atoms with van der Waals surface area (Å²) in [4.78, 5) is 15.9. The molecule has 0 unspecified atom stereocenters. The standard InChI is InChI=1S/C11H22N2O/c1-5-10(14)8-13-7-6-12(4)11(2,3)9-13/h5-9H2,1-4H3. The maximum absolute atomic E-state index is 11.3. The number of likely N-dealkylation sites (N-methyl/N-ethyl adjacent to an activating group) is 1. The van der Waals surface area contributed by atoms with Crippen LogP contribution in [0.2, 0.25) is 0 Å². The van der Waals surface area contributed by atoms with Gasteiger partial charge in [0.05, 0.1) is 6.54 Å². The number of nitrogens with zero attached hydrogens (tertiary/aromatic N) is 2. The summed E-state index contributed by atoms with van der Waals surface area (Å²) < 4.78 is 0. The topological polar surface area (TPSA) is 23.6 Å². The normalized spacial score (nSPS) is 23.7. The minimum absolute atomic E-state index is 0.201. The SMILES string of the molecule is CCC(=O)CN1CCN(C)C(C)(C)C1. The van der Waals surface area contributed by atoms with Crippen LogP contribution in [-0.2, 0) is 4.79 Å². The van der Waals surface area contributed by atoms with Gasteiger partial charge in [0, 0.05) is 31.6 Å². The first-order valence-corrected chi connectivity index (χ1v) is 5.41. The van der Waals surface area contributed by atoms with E-state index in [1.165, 1.54) is 0 Å². The quantitative estimate of drug-likeness (QED) is 0.675. The number of piperazine rings is 1. The maximum atomic E-state index is 11.3. The number of Topliss-reactive ketones (excluding diaryl/α,β-unsaturated/α-hetero) is 1. The van der Waals surface area contributed by atoms with E-state index < -0.39 is 0 Å². The molecule has 0 spiro atoms. The zero-order chi connectivity index (χ0) is 10.8. The Bertz CT molecular complexity index is 213. The largest absolute Gasteiger partial charge is 0.299 e. The minimum Gasteiger partial charge on any atom is -0.299 e. The first-order chi connectivity index (χ1) is 6.45. The Morgan fingerprint density at radius 2 is 2.00 bits per heavy atom. The summed E-state index contributed by atoms with van der Waals surface area (Å²) in [7, 11) is 2.15. The van der Waals surface area contributed by atoms with E-state index >= 15 is 0 Å². The fourth-order valence-corrected chi connectivity index (χ4v) is 1.84. The molecule has 3 nitrogen and oxygen atoms in total. The smallest absolute Gasteiger partial charge is 0.146 e. The van der Waals surface area contributed by atoms with Gasteiger partial charge in [0.25, 0.3) is 0 Å². The summed E-state index contributed by atoms with van der Waals surface area (Å²) in [5.41, 5.74) is 0.201. The molecule has 1 fully saturated rings. The molecule has 0 atom stereocenters. The highest BCUT2D eigenvalue weighted by molar-refractivity contribution is 5.80. The number of hydrogen-bond acceptors (Lipinski definition) is 3. The maximum Gasteiger partial charge on any atom is 0.146 e. The highest BCUT2D eigenvalue weighted by atomic mass is 16.1. The van der Waals surface area contributed by atoms with Crippen molar-refractivity contribution in [1.29, 1.82) is 0 Å². The van der Waals surface area contributed by atoms with Crippen molar-refractivity contribution < 1.29 is 4.79 Å². The van der Waals surface area contributed by atoms with E-state index in [1.54, 1.807) is 0 Å². The Hall–Kier alpha value is -0.410. The van der Waals surface area contributed by atoms with Gasteiger partial charge in [0.15, 0.2) is 0 Å². The molecule has 1 saturated heterocycles. The first kappa shape index (κ1) is 11.7. The van der Waals surface area contributed by atoms with E-state index in [4.69, 9.17) is 0 Å². The van der Waals surface area contributed by atoms with Crippen LogP contribution in [0.1, 0.15) is 27.2 Å². The molecular weight excluding hydrogens is 176 g/mol. The summed E-state index contributed by atoms with van der Waals surface area (Å²) >= 11 is 0. The van der Waals surface area contributed by atoms with Gasteiger partial charge in [-0.3, -0.25) is 14.6 Å². The van der Waals surface area contributed by atoms with Crippen LogP contribution in [0.15, 0.2) is 0 Å². The molecule has 82 valence electrons. The van der Waals surface area contributed by atoms with Gasteiger partial charge in [-0.25, -0.2) is 0 Å². The second kappa shape index (κ2) is 4.41. The van der Waals surface area contributed by atoms with Crippen LogP contribution >= 0.6 is 0 Å². The second-order valence-electron chi connectivity index (χ2n) is 4.84. The van der Waals surface area contributed by atoms with Gasteiger partial charge >= 0.3 is 0 Å². The van der Waals surface area contributed by atoms with Gasteiger partial charge in [-0.2, -0.15) is 0 Å². The van der Waals surface area contributed by atoms with Crippen molar-refractivity contribution in [2.75, 3.05) is 33.2 Å². The van der Waals surface area contributed by atoms with Crippen molar-refractivity contribution in [3.63, 3.8) is 0 Å². The van der Waals surface area contributed by atoms with Gasteiger partial charge in [-0.05, 0) is 20.9 Å². The van der Waals surface area contributed by atoms with Crippen molar-refractivity contribution in [2.24, 2.45) is 0 Å². The average Bonchev–Trinajstić information content (AvgIpc) is 2.11. The third kappa shape index (κ3) is 2.79. The average molecular weight is 198 g/mol. The third-order valence-corrected chi connectivity index (χ3v) is 3.19. The highest BCUT2D eigenvalue weighted by Crippen LogP contribution is 2.18. The molecular formula is C11H22N2O. The van der Waals surface area contributed by atoms with E-state index in [9.17, 15) is 4.79 Å². The van der Waals surface area contributed by atoms with Gasteiger partial charge in [-0.1, -0.05) is 6.92 Å². The van der Waals surface area contributed by atoms with E-state index in [1.807, 2.05) is 6.92 Å². The molecule has 0 aliphatic carbocycles. The van der Waals surface area contributed by atoms with E-state index in [2.05, 4.69) is 30.7 Å². The Kier molecular flexibility index (Phi) is 3.67. The van der Waals surface area contributed by atoms with Gasteiger partial charge in [-0.15, -0.1) is 0 Å². The fraction of sp³-hybridized carbons (Fsp3) is 0.909. The Morgan fingerprint density at radius 3 is 2.50 bits per heavy atom. The second-order valence-corrected chi connectivity index (χ2v) is 4.84. The number of carbonyl (C=O) groups excluding carboxylic acids is 1. The van der Waals surface area contributed by atoms with Crippen LogP contribution in [0, 0.1) is 0 Å². The van der Waals surface area contributed by atoms with Crippen LogP contribution < -0.4 is 0 Å². The zero-order valence-electron chi connectivity index (χ0n) is 9.84. The number of carbonyl (C=O) groups is 1. The Labute approximate surface area is 87.1 Å². The van der Waals surface area contributed by atoms with Gasteiger partial charge in [0.2, 0.25) is 0 Å². The molecule has 0 aromatic heterocycles. The summed E-state index contributed by atoms with van der Waals surface area (Å²) in [5.74, 6) is 0.352. The van der Waals surface area contributed by atoms with Crippen LogP contribution in [0.4, 0.5) is 0 Å². The summed E-state index contributed by atoms with van der Waals surface area (Å²) in [6.45, 7) is 10.1. The molecule has 14 heavy (non-hydrogen) atoms. The lowest BCUT2D eigenvalue weighted by Gasteiger charge is -2.45. The fourth-order valence-electron chi connectivity index (χ4n) is 1.84. The monoisotopic (exact) mass is 198 g/mol. The molecule has 0 bridgehead atoms. The number of rotatable bonds is 3. The van der Waals surface area contributed by atoms with Crippen LogP contribution in [-0.4, -0.2) is 54.3 Å². The van der Waals surface area contributed by atoms with E-state index in [0.29, 0.717) is 18.7 Å². The molecule has 0 N–H and O–H groups in total. The van der Waals surface area contributed by atoms with Gasteiger partial charge in [0.1, 0.15) is 5.78 Å². The van der Waals surface area contributed by atoms with E-state index in [0.717, 1.165) is 19.6 Å². The summed E-state index contributed by atoms with van der Waals surface area (Å²) in [6.07, 6.45) is 0.659. The molecule has 0 amide bonds. The Balaban J connectivity index is 2.47. The van der Waals surface area contributed by atoms with Crippen molar-refractivity contribution in [1.82, 2.24) is 9.80 Å². The molecule has 1 heterocycles. The van der Waals surface area contributed by atoms with Crippen LogP contribution in [0.5, 0.6) is 0 Å². The molecule has 1 rings (SSSR count). The molecule has 3 heteroatoms. The van der Waals surface area contributed by atoms with Crippen molar-refractivity contribution >= 4 is 5.78 Å². The first-order valence-electron chi connectivity index (χ1n) is 5.41. The lowest BCUT2D eigenvalue weighted by atomic mass is 9.99. The lowest BCUT2D eigenvalue weighted by molar-refractivity contribution is -0.121. The molecule has 0 radical (unpaired) electrons. The predicted octanol–water partition coefficient (Wildman–Crippen LogP) is 0.991. The van der Waals surface area contributed by atoms with Crippen molar-refractivity contribution in [2.45, 2.75) is 32.7 Å². The van der Waals surface area contributed by atoms with Crippen molar-refractivity contribution in [3.05, 3.63) is 0 Å². The Morgan fingerprint density at radius 1 is 1.36 bits per heavy atom.